The molecule has 0 aliphatic heterocycles. The maximum atomic E-state index is 12.2. The highest BCUT2D eigenvalue weighted by Crippen LogP contribution is 2.11. The number of amides is 1. The van der Waals surface area contributed by atoms with Crippen LogP contribution in [0.15, 0.2) is 76.7 Å². The second kappa shape index (κ2) is 6.70. The van der Waals surface area contributed by atoms with Gasteiger partial charge in [-0.2, -0.15) is 5.10 Å². The predicted octanol–water partition coefficient (Wildman–Crippen LogP) is 3.17. The highest BCUT2D eigenvalue weighted by Gasteiger charge is 2.12. The van der Waals surface area contributed by atoms with Gasteiger partial charge >= 0.3 is 0 Å². The molecular formula is C18H15N3O2. The van der Waals surface area contributed by atoms with Gasteiger partial charge in [-0.3, -0.25) is 9.78 Å². The highest BCUT2D eigenvalue weighted by atomic mass is 16.3. The molecule has 5 heteroatoms. The number of nitrogens with one attached hydrogen (secondary N) is 1. The number of aromatic nitrogens is 1. The number of furan rings is 1. The maximum absolute atomic E-state index is 12.2. The monoisotopic (exact) mass is 305 g/mol. The minimum absolute atomic E-state index is 0.307. The molecule has 114 valence electrons. The number of carbonyl (C=O) groups is 1. The van der Waals surface area contributed by atoms with Gasteiger partial charge in [0.25, 0.3) is 5.91 Å². The fourth-order valence-electron chi connectivity index (χ4n) is 2.19. The average molecular weight is 305 g/mol. The molecule has 0 spiro atoms. The van der Waals surface area contributed by atoms with Crippen molar-refractivity contribution < 1.29 is 9.21 Å². The molecule has 0 unspecified atom stereocenters. The number of hydrogen-bond donors (Lipinski definition) is 1. The van der Waals surface area contributed by atoms with Crippen molar-refractivity contribution in [1.82, 2.24) is 10.4 Å². The summed E-state index contributed by atoms with van der Waals surface area (Å²) in [4.78, 5) is 16.2. The Morgan fingerprint density at radius 1 is 1.04 bits per heavy atom. The van der Waals surface area contributed by atoms with Crippen LogP contribution in [0.4, 0.5) is 0 Å². The van der Waals surface area contributed by atoms with E-state index in [2.05, 4.69) is 15.5 Å². The molecule has 3 rings (SSSR count). The van der Waals surface area contributed by atoms with E-state index in [-0.39, 0.29) is 5.91 Å². The van der Waals surface area contributed by atoms with E-state index in [0.29, 0.717) is 17.0 Å². The predicted molar refractivity (Wildman–Crippen MR) is 87.2 cm³/mol. The molecule has 0 saturated carbocycles. The standard InChI is InChI=1S/C18H15N3O2/c1-13-16(9-12-23-13)18(22)21-20-17(14-5-3-2-4-6-14)15-7-10-19-11-8-15/h2-12H,1H3,(H,21,22). The molecule has 5 nitrogen and oxygen atoms in total. The van der Waals surface area contributed by atoms with Gasteiger partial charge in [-0.05, 0) is 25.1 Å². The van der Waals surface area contributed by atoms with Crippen LogP contribution in [-0.2, 0) is 0 Å². The summed E-state index contributed by atoms with van der Waals surface area (Å²) in [5.74, 6) is 0.251. The maximum Gasteiger partial charge on any atom is 0.274 e. The number of pyridine rings is 1. The van der Waals surface area contributed by atoms with Crippen LogP contribution in [0.1, 0.15) is 27.2 Å². The molecular weight excluding hydrogens is 290 g/mol. The van der Waals surface area contributed by atoms with Crippen molar-refractivity contribution in [3.05, 3.63) is 89.6 Å². The average Bonchev–Trinajstić information content (AvgIpc) is 3.03. The van der Waals surface area contributed by atoms with Crippen LogP contribution in [0.3, 0.4) is 0 Å². The Bertz CT molecular complexity index is 782. The van der Waals surface area contributed by atoms with Crippen molar-refractivity contribution in [3.63, 3.8) is 0 Å². The summed E-state index contributed by atoms with van der Waals surface area (Å²) in [5.41, 5.74) is 5.51. The minimum Gasteiger partial charge on any atom is -0.469 e. The molecule has 1 amide bonds. The molecule has 1 N–H and O–H groups in total. The zero-order valence-electron chi connectivity index (χ0n) is 12.6. The lowest BCUT2D eigenvalue weighted by Gasteiger charge is -2.07. The molecule has 3 aromatic rings. The second-order valence-corrected chi connectivity index (χ2v) is 4.89. The van der Waals surface area contributed by atoms with E-state index < -0.39 is 0 Å². The zero-order valence-corrected chi connectivity index (χ0v) is 12.6. The highest BCUT2D eigenvalue weighted by molar-refractivity contribution is 6.13. The number of hydrazone groups is 1. The van der Waals surface area contributed by atoms with Gasteiger partial charge in [0.05, 0.1) is 17.5 Å². The van der Waals surface area contributed by atoms with Crippen molar-refractivity contribution >= 4 is 11.6 Å². The third-order valence-electron chi connectivity index (χ3n) is 3.37. The topological polar surface area (TPSA) is 67.5 Å². The summed E-state index contributed by atoms with van der Waals surface area (Å²) in [6.45, 7) is 1.74. The first-order valence-electron chi connectivity index (χ1n) is 7.13. The Morgan fingerprint density at radius 3 is 2.39 bits per heavy atom. The van der Waals surface area contributed by atoms with E-state index in [4.69, 9.17) is 4.42 Å². The van der Waals surface area contributed by atoms with Crippen molar-refractivity contribution in [2.75, 3.05) is 0 Å². The fraction of sp³-hybridized carbons (Fsp3) is 0.0556. The number of aryl methyl sites for hydroxylation is 1. The van der Waals surface area contributed by atoms with Crippen molar-refractivity contribution in [1.29, 1.82) is 0 Å². The summed E-state index contributed by atoms with van der Waals surface area (Å²) in [6.07, 6.45) is 4.86. The van der Waals surface area contributed by atoms with Crippen LogP contribution in [0.2, 0.25) is 0 Å². The first kappa shape index (κ1) is 14.7. The Hall–Kier alpha value is -3.21. The van der Waals surface area contributed by atoms with Gasteiger partial charge in [-0.25, -0.2) is 5.43 Å². The largest absolute Gasteiger partial charge is 0.469 e. The van der Waals surface area contributed by atoms with Crippen LogP contribution in [0.25, 0.3) is 0 Å². The lowest BCUT2D eigenvalue weighted by Crippen LogP contribution is -2.20. The number of carbonyl (C=O) groups excluding carboxylic acids is 1. The molecule has 1 aromatic carbocycles. The molecule has 0 radical (unpaired) electrons. The van der Waals surface area contributed by atoms with E-state index in [1.807, 2.05) is 42.5 Å². The van der Waals surface area contributed by atoms with Gasteiger partial charge < -0.3 is 4.42 Å². The smallest absolute Gasteiger partial charge is 0.274 e. The third-order valence-corrected chi connectivity index (χ3v) is 3.37. The molecule has 2 heterocycles. The van der Waals surface area contributed by atoms with Crippen molar-refractivity contribution in [2.45, 2.75) is 6.92 Å². The summed E-state index contributed by atoms with van der Waals surface area (Å²) in [7, 11) is 0. The first-order chi connectivity index (χ1) is 11.3. The van der Waals surface area contributed by atoms with E-state index in [1.165, 1.54) is 6.26 Å². The Kier molecular flexibility index (Phi) is 4.29. The van der Waals surface area contributed by atoms with Crippen molar-refractivity contribution in [2.24, 2.45) is 5.10 Å². The minimum atomic E-state index is -0.307. The fourth-order valence-corrected chi connectivity index (χ4v) is 2.19. The molecule has 0 fully saturated rings. The van der Waals surface area contributed by atoms with Gasteiger partial charge in [0, 0.05) is 23.5 Å². The van der Waals surface area contributed by atoms with Gasteiger partial charge in [0.1, 0.15) is 5.76 Å². The summed E-state index contributed by atoms with van der Waals surface area (Å²) < 4.78 is 5.14. The van der Waals surface area contributed by atoms with E-state index in [0.717, 1.165) is 11.1 Å². The molecule has 0 bridgehead atoms. The number of hydrogen-bond acceptors (Lipinski definition) is 4. The zero-order chi connectivity index (χ0) is 16.1. The first-order valence-corrected chi connectivity index (χ1v) is 7.13. The van der Waals surface area contributed by atoms with Crippen LogP contribution in [0.5, 0.6) is 0 Å². The molecule has 0 aliphatic carbocycles. The Balaban J connectivity index is 1.93. The SMILES string of the molecule is Cc1occc1C(=O)NN=C(c1ccccc1)c1ccncc1. The summed E-state index contributed by atoms with van der Waals surface area (Å²) >= 11 is 0. The normalized spacial score (nSPS) is 11.3. The lowest BCUT2D eigenvalue weighted by atomic mass is 10.0. The molecule has 0 atom stereocenters. The third kappa shape index (κ3) is 3.35. The summed E-state index contributed by atoms with van der Waals surface area (Å²) in [6, 6.07) is 15.0. The number of benzene rings is 1. The Labute approximate surface area is 133 Å². The van der Waals surface area contributed by atoms with Gasteiger partial charge in [0.15, 0.2) is 0 Å². The van der Waals surface area contributed by atoms with E-state index in [1.54, 1.807) is 25.4 Å². The summed E-state index contributed by atoms with van der Waals surface area (Å²) in [5, 5.41) is 4.31. The molecule has 0 aliphatic rings. The van der Waals surface area contributed by atoms with Crippen LogP contribution < -0.4 is 5.43 Å². The van der Waals surface area contributed by atoms with E-state index >= 15 is 0 Å². The second-order valence-electron chi connectivity index (χ2n) is 4.89. The van der Waals surface area contributed by atoms with Crippen molar-refractivity contribution in [3.8, 4) is 0 Å². The van der Waals surface area contributed by atoms with Crippen LogP contribution >= 0.6 is 0 Å². The van der Waals surface area contributed by atoms with E-state index in [9.17, 15) is 4.79 Å². The van der Waals surface area contributed by atoms with Crippen LogP contribution in [0, 0.1) is 6.92 Å². The Morgan fingerprint density at radius 2 is 1.74 bits per heavy atom. The van der Waals surface area contributed by atoms with Gasteiger partial charge in [0.2, 0.25) is 0 Å². The number of rotatable bonds is 4. The number of nitrogens with zero attached hydrogens (tertiary/aromatic N) is 2. The molecule has 0 saturated heterocycles. The molecule has 2 aromatic heterocycles. The quantitative estimate of drug-likeness (QED) is 0.594. The van der Waals surface area contributed by atoms with Gasteiger partial charge in [-0.1, -0.05) is 30.3 Å². The van der Waals surface area contributed by atoms with Gasteiger partial charge in [-0.15, -0.1) is 0 Å². The van der Waals surface area contributed by atoms with Crippen LogP contribution in [-0.4, -0.2) is 16.6 Å². The lowest BCUT2D eigenvalue weighted by molar-refractivity contribution is 0.0953. The molecule has 23 heavy (non-hydrogen) atoms.